The number of urea groups is 1. The zero-order chi connectivity index (χ0) is 37.4. The molecule has 1 unspecified atom stereocenters. The summed E-state index contributed by atoms with van der Waals surface area (Å²) in [5.74, 6) is -3.05. The first kappa shape index (κ1) is 40.2. The van der Waals surface area contributed by atoms with Gasteiger partial charge in [0.2, 0.25) is 17.6 Å². The Bertz CT molecular complexity index is 1390. The lowest BCUT2D eigenvalue weighted by molar-refractivity contribution is -0.150. The van der Waals surface area contributed by atoms with Gasteiger partial charge in [0.05, 0.1) is 6.04 Å². The van der Waals surface area contributed by atoms with Crippen LogP contribution in [0.15, 0.2) is 43.0 Å². The van der Waals surface area contributed by atoms with E-state index in [1.807, 2.05) is 65.0 Å². The number of rotatable bonds is 15. The van der Waals surface area contributed by atoms with E-state index in [1.54, 1.807) is 20.8 Å². The highest BCUT2D eigenvalue weighted by Crippen LogP contribution is 2.36. The van der Waals surface area contributed by atoms with Gasteiger partial charge in [-0.1, -0.05) is 105 Å². The van der Waals surface area contributed by atoms with Crippen LogP contribution in [0.1, 0.15) is 86.6 Å². The second kappa shape index (κ2) is 17.1. The van der Waals surface area contributed by atoms with E-state index in [2.05, 4.69) is 27.8 Å². The molecule has 12 nitrogen and oxygen atoms in total. The molecule has 1 aromatic rings. The van der Waals surface area contributed by atoms with Crippen molar-refractivity contribution in [2.24, 2.45) is 28.6 Å². The van der Waals surface area contributed by atoms with Crippen LogP contribution in [0.2, 0.25) is 0 Å². The lowest BCUT2D eigenvalue weighted by Gasteiger charge is -2.37. The number of nitrogens with one attached hydrogen (secondary N) is 4. The van der Waals surface area contributed by atoms with Crippen LogP contribution in [0.25, 0.3) is 0 Å². The van der Waals surface area contributed by atoms with E-state index in [-0.39, 0.29) is 37.5 Å². The number of benzene rings is 1. The summed E-state index contributed by atoms with van der Waals surface area (Å²) < 4.78 is 5.55. The SMILES string of the molecule is C=CCNC(=O)C(=O)C(CC1CC1)NC(=O)[C@@H]1[C@@H](C(C)C)CCN1C(=O)[C@@H](NC(=O)N[C@H](C(=O)OCc1ccccc1)C(C)(C)C)C(C)(C)C. The van der Waals surface area contributed by atoms with Gasteiger partial charge in [-0.3, -0.25) is 19.2 Å². The third-order valence-electron chi connectivity index (χ3n) is 9.37. The third kappa shape index (κ3) is 11.1. The van der Waals surface area contributed by atoms with E-state index in [4.69, 9.17) is 4.74 Å². The standard InChI is InChI=1S/C38H57N5O7/c1-10-19-39-33(46)29(44)27(21-24-16-17-24)40-32(45)28-26(23(2)3)18-20-43(28)34(47)30(37(4,5)6)41-36(49)42-31(38(7,8)9)35(48)50-22-25-14-12-11-13-15-25/h10-15,23-24,26-28,30-31H,1,16-22H2,2-9H3,(H,39,46)(H,40,45)(H2,41,42,49)/t26-,27?,28+,30-,31-/m1/s1. The lowest BCUT2D eigenvalue weighted by atomic mass is 9.84. The molecular weight excluding hydrogens is 638 g/mol. The highest BCUT2D eigenvalue weighted by molar-refractivity contribution is 6.38. The van der Waals surface area contributed by atoms with E-state index in [0.29, 0.717) is 12.8 Å². The van der Waals surface area contributed by atoms with Crippen molar-refractivity contribution in [1.82, 2.24) is 26.2 Å². The molecule has 4 N–H and O–H groups in total. The van der Waals surface area contributed by atoms with Gasteiger partial charge >= 0.3 is 12.0 Å². The maximum Gasteiger partial charge on any atom is 0.329 e. The summed E-state index contributed by atoms with van der Waals surface area (Å²) in [5.41, 5.74) is -0.699. The number of carbonyl (C=O) groups excluding carboxylic acids is 6. The first-order valence-corrected chi connectivity index (χ1v) is 17.7. The molecule has 12 heteroatoms. The first-order valence-electron chi connectivity index (χ1n) is 17.7. The normalized spacial score (nSPS) is 19.5. The fraction of sp³-hybridized carbons (Fsp3) is 0.632. The lowest BCUT2D eigenvalue weighted by Crippen LogP contribution is -2.62. The predicted molar refractivity (Wildman–Crippen MR) is 190 cm³/mol. The molecule has 1 heterocycles. The van der Waals surface area contributed by atoms with Gasteiger partial charge < -0.3 is 30.9 Å². The topological polar surface area (TPSA) is 163 Å². The van der Waals surface area contributed by atoms with Gasteiger partial charge in [-0.15, -0.1) is 6.58 Å². The number of amides is 5. The van der Waals surface area contributed by atoms with Crippen LogP contribution in [0.5, 0.6) is 0 Å². The van der Waals surface area contributed by atoms with Crippen LogP contribution in [-0.2, 0) is 35.3 Å². The number of hydrogen-bond donors (Lipinski definition) is 4. The Labute approximate surface area is 296 Å². The number of ether oxygens (including phenoxy) is 1. The van der Waals surface area contributed by atoms with Crippen LogP contribution in [0.3, 0.4) is 0 Å². The van der Waals surface area contributed by atoms with Crippen molar-refractivity contribution in [2.75, 3.05) is 13.1 Å². The summed E-state index contributed by atoms with van der Waals surface area (Å²) in [6.45, 7) is 18.8. The van der Waals surface area contributed by atoms with Crippen LogP contribution >= 0.6 is 0 Å². The van der Waals surface area contributed by atoms with Crippen molar-refractivity contribution in [1.29, 1.82) is 0 Å². The summed E-state index contributed by atoms with van der Waals surface area (Å²) in [6.07, 6.45) is 4.19. The predicted octanol–water partition coefficient (Wildman–Crippen LogP) is 3.89. The van der Waals surface area contributed by atoms with Gasteiger partial charge in [0.25, 0.3) is 5.91 Å². The average Bonchev–Trinajstić information content (AvgIpc) is 3.75. The number of ketones is 1. The van der Waals surface area contributed by atoms with E-state index >= 15 is 0 Å². The first-order chi connectivity index (χ1) is 23.3. The molecule has 1 aliphatic heterocycles. The Morgan fingerprint density at radius 3 is 2.04 bits per heavy atom. The highest BCUT2D eigenvalue weighted by atomic mass is 16.5. The smallest absolute Gasteiger partial charge is 0.329 e. The zero-order valence-electron chi connectivity index (χ0n) is 31.0. The Hall–Kier alpha value is -4.22. The monoisotopic (exact) mass is 695 g/mol. The van der Waals surface area contributed by atoms with Gasteiger partial charge in [0.1, 0.15) is 24.7 Å². The highest BCUT2D eigenvalue weighted by Gasteiger charge is 2.48. The van der Waals surface area contributed by atoms with Crippen LogP contribution in [-0.4, -0.2) is 77.7 Å². The molecule has 1 saturated carbocycles. The molecule has 2 fully saturated rings. The van der Waals surface area contributed by atoms with Crippen molar-refractivity contribution >= 4 is 35.5 Å². The number of hydrogen-bond acceptors (Lipinski definition) is 7. The largest absolute Gasteiger partial charge is 0.459 e. The Morgan fingerprint density at radius 1 is 0.900 bits per heavy atom. The zero-order valence-corrected chi connectivity index (χ0v) is 31.0. The second-order valence-corrected chi connectivity index (χ2v) is 16.1. The van der Waals surface area contributed by atoms with Gasteiger partial charge in [0, 0.05) is 13.1 Å². The molecular formula is C38H57N5O7. The van der Waals surface area contributed by atoms with Crippen molar-refractivity contribution in [2.45, 2.75) is 112 Å². The van der Waals surface area contributed by atoms with E-state index in [1.165, 1.54) is 11.0 Å². The molecule has 276 valence electrons. The van der Waals surface area contributed by atoms with Crippen molar-refractivity contribution in [3.05, 3.63) is 48.6 Å². The number of Topliss-reactive ketones (excluding diaryl/α,β-unsaturated/α-hetero) is 1. The van der Waals surface area contributed by atoms with Crippen molar-refractivity contribution < 1.29 is 33.5 Å². The maximum atomic E-state index is 14.4. The third-order valence-corrected chi connectivity index (χ3v) is 9.37. The van der Waals surface area contributed by atoms with Crippen LogP contribution < -0.4 is 21.3 Å². The molecule has 3 rings (SSSR count). The molecule has 5 atom stereocenters. The van der Waals surface area contributed by atoms with Crippen molar-refractivity contribution in [3.63, 3.8) is 0 Å². The molecule has 0 radical (unpaired) electrons. The van der Waals surface area contributed by atoms with Crippen molar-refractivity contribution in [3.8, 4) is 0 Å². The maximum absolute atomic E-state index is 14.4. The summed E-state index contributed by atoms with van der Waals surface area (Å²) in [4.78, 5) is 82.4. The van der Waals surface area contributed by atoms with Gasteiger partial charge in [-0.05, 0) is 47.0 Å². The van der Waals surface area contributed by atoms with Gasteiger partial charge in [0.15, 0.2) is 0 Å². The number of esters is 1. The number of carbonyl (C=O) groups is 6. The average molecular weight is 696 g/mol. The molecule has 0 spiro atoms. The summed E-state index contributed by atoms with van der Waals surface area (Å²) >= 11 is 0. The molecule has 0 bridgehead atoms. The number of likely N-dealkylation sites (tertiary alicyclic amines) is 1. The molecule has 1 aromatic carbocycles. The fourth-order valence-corrected chi connectivity index (χ4v) is 6.24. The van der Waals surface area contributed by atoms with Gasteiger partial charge in [-0.2, -0.15) is 0 Å². The molecule has 1 saturated heterocycles. The van der Waals surface area contributed by atoms with E-state index in [9.17, 15) is 28.8 Å². The van der Waals surface area contributed by atoms with Crippen LogP contribution in [0.4, 0.5) is 4.79 Å². The Kier molecular flexibility index (Phi) is 13.8. The summed E-state index contributed by atoms with van der Waals surface area (Å²) in [7, 11) is 0. The molecule has 1 aliphatic carbocycles. The van der Waals surface area contributed by atoms with E-state index < -0.39 is 70.5 Å². The minimum absolute atomic E-state index is 0.0239. The van der Waals surface area contributed by atoms with Crippen LogP contribution in [0, 0.1) is 28.6 Å². The summed E-state index contributed by atoms with van der Waals surface area (Å²) in [6, 6.07) is 4.45. The molecule has 0 aromatic heterocycles. The minimum atomic E-state index is -1.07. The molecule has 5 amide bonds. The minimum Gasteiger partial charge on any atom is -0.459 e. The summed E-state index contributed by atoms with van der Waals surface area (Å²) in [5, 5.41) is 10.9. The number of nitrogens with zero attached hydrogens (tertiary/aromatic N) is 1. The fourth-order valence-electron chi connectivity index (χ4n) is 6.24. The van der Waals surface area contributed by atoms with E-state index in [0.717, 1.165) is 18.4 Å². The molecule has 2 aliphatic rings. The van der Waals surface area contributed by atoms with Gasteiger partial charge in [-0.25, -0.2) is 9.59 Å². The quantitative estimate of drug-likeness (QED) is 0.123. The Morgan fingerprint density at radius 2 is 1.50 bits per heavy atom. The molecule has 50 heavy (non-hydrogen) atoms. The second-order valence-electron chi connectivity index (χ2n) is 16.1. The Balaban J connectivity index is 1.80.